The predicted molar refractivity (Wildman–Crippen MR) is 105 cm³/mol. The highest BCUT2D eigenvalue weighted by atomic mass is 32.2. The maximum atomic E-state index is 13.0. The Morgan fingerprint density at radius 3 is 2.31 bits per heavy atom. The maximum absolute atomic E-state index is 13.0. The van der Waals surface area contributed by atoms with Crippen molar-refractivity contribution in [3.8, 4) is 5.75 Å². The fourth-order valence-corrected chi connectivity index (χ4v) is 3.73. The van der Waals surface area contributed by atoms with E-state index in [1.807, 2.05) is 0 Å². The quantitative estimate of drug-likeness (QED) is 0.716. The summed E-state index contributed by atoms with van der Waals surface area (Å²) in [7, 11) is -2.69. The Labute approximate surface area is 169 Å². The molecule has 0 radical (unpaired) electrons. The summed E-state index contributed by atoms with van der Waals surface area (Å²) in [4.78, 5) is 27.3. The zero-order valence-corrected chi connectivity index (χ0v) is 16.7. The SMILES string of the molecule is COc1ccc(S(N)(=O)=O)cc1C(=O)O[C@H](C(=O)N1CCCC1)c1ccccc1. The van der Waals surface area contributed by atoms with Crippen molar-refractivity contribution in [2.75, 3.05) is 20.2 Å². The van der Waals surface area contributed by atoms with Gasteiger partial charge in [-0.2, -0.15) is 0 Å². The van der Waals surface area contributed by atoms with Gasteiger partial charge in [0.05, 0.1) is 12.0 Å². The molecule has 0 aromatic heterocycles. The normalized spacial score (nSPS) is 15.0. The summed E-state index contributed by atoms with van der Waals surface area (Å²) < 4.78 is 34.0. The molecule has 0 aliphatic carbocycles. The highest BCUT2D eigenvalue weighted by molar-refractivity contribution is 7.89. The van der Waals surface area contributed by atoms with E-state index >= 15 is 0 Å². The Bertz CT molecular complexity index is 1000. The molecule has 0 bridgehead atoms. The molecule has 1 aliphatic rings. The number of ether oxygens (including phenoxy) is 2. The van der Waals surface area contributed by atoms with E-state index in [1.54, 1.807) is 35.2 Å². The van der Waals surface area contributed by atoms with E-state index in [2.05, 4.69) is 0 Å². The molecule has 2 N–H and O–H groups in total. The van der Waals surface area contributed by atoms with E-state index in [0.717, 1.165) is 18.9 Å². The molecule has 154 valence electrons. The van der Waals surface area contributed by atoms with E-state index in [4.69, 9.17) is 14.6 Å². The van der Waals surface area contributed by atoms with Gasteiger partial charge in [-0.1, -0.05) is 30.3 Å². The number of nitrogens with two attached hydrogens (primary N) is 1. The van der Waals surface area contributed by atoms with Gasteiger partial charge in [-0.15, -0.1) is 0 Å². The summed E-state index contributed by atoms with van der Waals surface area (Å²) in [6, 6.07) is 12.3. The van der Waals surface area contributed by atoms with Crippen LogP contribution in [0.15, 0.2) is 53.4 Å². The number of hydrogen-bond donors (Lipinski definition) is 1. The molecule has 3 rings (SSSR count). The van der Waals surface area contributed by atoms with Crippen molar-refractivity contribution in [1.29, 1.82) is 0 Å². The summed E-state index contributed by atoms with van der Waals surface area (Å²) in [5.41, 5.74) is 0.397. The van der Waals surface area contributed by atoms with Gasteiger partial charge in [0.15, 0.2) is 0 Å². The maximum Gasteiger partial charge on any atom is 0.343 e. The first kappa shape index (κ1) is 20.8. The van der Waals surface area contributed by atoms with Gasteiger partial charge >= 0.3 is 5.97 Å². The molecule has 2 aromatic carbocycles. The summed E-state index contributed by atoms with van der Waals surface area (Å²) in [6.45, 7) is 1.20. The molecule has 2 aromatic rings. The number of primary sulfonamides is 1. The number of sulfonamides is 1. The van der Waals surface area contributed by atoms with Crippen LogP contribution in [0.25, 0.3) is 0 Å². The summed E-state index contributed by atoms with van der Waals surface area (Å²) in [5, 5.41) is 5.16. The molecule has 1 fully saturated rings. The molecule has 9 heteroatoms. The Morgan fingerprint density at radius 2 is 1.72 bits per heavy atom. The number of carbonyl (C=O) groups excluding carboxylic acids is 2. The molecule has 0 saturated carbocycles. The third kappa shape index (κ3) is 4.75. The minimum Gasteiger partial charge on any atom is -0.496 e. The van der Waals surface area contributed by atoms with E-state index in [1.165, 1.54) is 19.2 Å². The number of methoxy groups -OCH3 is 1. The van der Waals surface area contributed by atoms with Gasteiger partial charge in [-0.25, -0.2) is 18.4 Å². The van der Waals surface area contributed by atoms with Gasteiger partial charge in [0.2, 0.25) is 16.1 Å². The molecule has 8 nitrogen and oxygen atoms in total. The number of nitrogens with zero attached hydrogens (tertiary/aromatic N) is 1. The first-order valence-corrected chi connectivity index (χ1v) is 10.6. The molecule has 1 saturated heterocycles. The fourth-order valence-electron chi connectivity index (χ4n) is 3.19. The van der Waals surface area contributed by atoms with Gasteiger partial charge in [0, 0.05) is 18.7 Å². The summed E-state index contributed by atoms with van der Waals surface area (Å²) in [6.07, 6.45) is 0.640. The van der Waals surface area contributed by atoms with Gasteiger partial charge in [0.1, 0.15) is 11.3 Å². The number of rotatable bonds is 6. The van der Waals surface area contributed by atoms with Crippen LogP contribution in [0, 0.1) is 0 Å². The third-order valence-corrected chi connectivity index (χ3v) is 5.60. The topological polar surface area (TPSA) is 116 Å². The van der Waals surface area contributed by atoms with Crippen LogP contribution >= 0.6 is 0 Å². The molecular weight excluding hydrogens is 396 g/mol. The lowest BCUT2D eigenvalue weighted by Gasteiger charge is -2.24. The zero-order chi connectivity index (χ0) is 21.0. The number of carbonyl (C=O) groups is 2. The first-order chi connectivity index (χ1) is 13.8. The number of benzene rings is 2. The molecule has 29 heavy (non-hydrogen) atoms. The van der Waals surface area contributed by atoms with Gasteiger partial charge in [-0.3, -0.25) is 4.79 Å². The standard InChI is InChI=1S/C20H22N2O6S/c1-27-17-10-9-15(29(21,25)26)13-16(17)20(24)28-18(14-7-3-2-4-8-14)19(23)22-11-5-6-12-22/h2-4,7-10,13,18H,5-6,11-12H2,1H3,(H2,21,25,26)/t18-/m0/s1. The average molecular weight is 418 g/mol. The lowest BCUT2D eigenvalue weighted by atomic mass is 10.1. The fraction of sp³-hybridized carbons (Fsp3) is 0.300. The molecule has 1 amide bonds. The van der Waals surface area contributed by atoms with Crippen molar-refractivity contribution in [1.82, 2.24) is 4.90 Å². The van der Waals surface area contributed by atoms with Crippen LogP contribution in [-0.2, 0) is 19.6 Å². The van der Waals surface area contributed by atoms with Gasteiger partial charge in [0.25, 0.3) is 5.91 Å². The molecule has 1 atom stereocenters. The highest BCUT2D eigenvalue weighted by Crippen LogP contribution is 2.28. The van der Waals surface area contributed by atoms with Crippen LogP contribution in [-0.4, -0.2) is 45.4 Å². The Balaban J connectivity index is 1.95. The number of hydrogen-bond acceptors (Lipinski definition) is 6. The zero-order valence-electron chi connectivity index (χ0n) is 15.9. The second-order valence-corrected chi connectivity index (χ2v) is 8.20. The van der Waals surface area contributed by atoms with Crippen molar-refractivity contribution in [3.63, 3.8) is 0 Å². The number of likely N-dealkylation sites (tertiary alicyclic amines) is 1. The Morgan fingerprint density at radius 1 is 1.07 bits per heavy atom. The molecule has 1 aliphatic heterocycles. The lowest BCUT2D eigenvalue weighted by molar-refractivity contribution is -0.140. The largest absolute Gasteiger partial charge is 0.496 e. The minimum atomic E-state index is -4.03. The average Bonchev–Trinajstić information content (AvgIpc) is 3.25. The Hall–Kier alpha value is -2.91. The predicted octanol–water partition coefficient (Wildman–Crippen LogP) is 1.86. The van der Waals surface area contributed by atoms with Gasteiger partial charge < -0.3 is 14.4 Å². The van der Waals surface area contributed by atoms with Gasteiger partial charge in [-0.05, 0) is 31.0 Å². The van der Waals surface area contributed by atoms with Crippen molar-refractivity contribution in [3.05, 3.63) is 59.7 Å². The Kier molecular flexibility index (Phi) is 6.19. The highest BCUT2D eigenvalue weighted by Gasteiger charge is 2.32. The smallest absolute Gasteiger partial charge is 0.343 e. The number of esters is 1. The van der Waals surface area contributed by atoms with Crippen LogP contribution in [0.1, 0.15) is 34.9 Å². The van der Waals surface area contributed by atoms with E-state index in [0.29, 0.717) is 18.7 Å². The van der Waals surface area contributed by atoms with Crippen LogP contribution in [0.4, 0.5) is 0 Å². The van der Waals surface area contributed by atoms with Crippen molar-refractivity contribution in [2.45, 2.75) is 23.8 Å². The van der Waals surface area contributed by atoms with E-state index in [9.17, 15) is 18.0 Å². The third-order valence-electron chi connectivity index (χ3n) is 4.69. The molecule has 0 unspecified atom stereocenters. The lowest BCUT2D eigenvalue weighted by Crippen LogP contribution is -2.35. The van der Waals surface area contributed by atoms with Crippen molar-refractivity contribution < 1.29 is 27.5 Å². The first-order valence-electron chi connectivity index (χ1n) is 9.07. The van der Waals surface area contributed by atoms with Crippen molar-refractivity contribution >= 4 is 21.9 Å². The minimum absolute atomic E-state index is 0.114. The monoisotopic (exact) mass is 418 g/mol. The van der Waals surface area contributed by atoms with Crippen LogP contribution in [0.2, 0.25) is 0 Å². The molecular formula is C20H22N2O6S. The second-order valence-electron chi connectivity index (χ2n) is 6.64. The van der Waals surface area contributed by atoms with Crippen molar-refractivity contribution in [2.24, 2.45) is 5.14 Å². The van der Waals surface area contributed by atoms with Crippen LogP contribution < -0.4 is 9.88 Å². The second kappa shape index (κ2) is 8.62. The van der Waals surface area contributed by atoms with E-state index in [-0.39, 0.29) is 22.1 Å². The van der Waals surface area contributed by atoms with E-state index < -0.39 is 22.1 Å². The van der Waals surface area contributed by atoms with Crippen LogP contribution in [0.5, 0.6) is 5.75 Å². The number of amides is 1. The molecule has 1 heterocycles. The van der Waals surface area contributed by atoms with Crippen LogP contribution in [0.3, 0.4) is 0 Å². The summed E-state index contributed by atoms with van der Waals surface area (Å²) >= 11 is 0. The summed E-state index contributed by atoms with van der Waals surface area (Å²) in [5.74, 6) is -1.08. The molecule has 0 spiro atoms.